The third-order valence-electron chi connectivity index (χ3n) is 3.55. The summed E-state index contributed by atoms with van der Waals surface area (Å²) in [6, 6.07) is 5.08. The molecule has 2 rings (SSSR count). The lowest BCUT2D eigenvalue weighted by Crippen LogP contribution is -2.35. The van der Waals surface area contributed by atoms with Gasteiger partial charge in [0.25, 0.3) is 0 Å². The van der Waals surface area contributed by atoms with Crippen LogP contribution in [-0.2, 0) is 0 Å². The predicted molar refractivity (Wildman–Crippen MR) is 76.3 cm³/mol. The number of hydrogen-bond donors (Lipinski definition) is 1. The third-order valence-corrected chi connectivity index (χ3v) is 3.55. The first-order valence-electron chi connectivity index (χ1n) is 7.03. The topological polar surface area (TPSA) is 24.5 Å². The Morgan fingerprint density at radius 1 is 1.47 bits per heavy atom. The summed E-state index contributed by atoms with van der Waals surface area (Å²) in [6.45, 7) is 5.54. The lowest BCUT2D eigenvalue weighted by Gasteiger charge is -2.30. The molecule has 1 aromatic carbocycles. The summed E-state index contributed by atoms with van der Waals surface area (Å²) in [5.74, 6) is 0.673. The molecular formula is C15H23FN2O. The van der Waals surface area contributed by atoms with E-state index in [0.717, 1.165) is 18.8 Å². The number of likely N-dealkylation sites (tertiary alicyclic amines) is 1. The van der Waals surface area contributed by atoms with Gasteiger partial charge in [-0.05, 0) is 51.4 Å². The molecule has 1 aliphatic heterocycles. The van der Waals surface area contributed by atoms with E-state index in [-0.39, 0.29) is 5.82 Å². The number of ether oxygens (including phenoxy) is 1. The van der Waals surface area contributed by atoms with Crippen LogP contribution in [0.3, 0.4) is 0 Å². The van der Waals surface area contributed by atoms with Gasteiger partial charge in [0.05, 0.1) is 6.61 Å². The monoisotopic (exact) mass is 266 g/mol. The summed E-state index contributed by atoms with van der Waals surface area (Å²) in [5, 5.41) is 3.32. The maximum atomic E-state index is 13.7. The molecule has 4 heteroatoms. The molecule has 0 amide bonds. The standard InChI is InChI=1S/C15H23FN2O/c1-3-19-15-7-6-13(9-14(15)16)17-10-12-5-4-8-18(2)11-12/h6-7,9,12,17H,3-5,8,10-11H2,1-2H3. The van der Waals surface area contributed by atoms with Crippen molar-refractivity contribution in [2.75, 3.05) is 38.6 Å². The van der Waals surface area contributed by atoms with E-state index < -0.39 is 0 Å². The Hall–Kier alpha value is -1.29. The summed E-state index contributed by atoms with van der Waals surface area (Å²) in [5.41, 5.74) is 0.828. The van der Waals surface area contributed by atoms with Crippen LogP contribution in [0.5, 0.6) is 5.75 Å². The molecule has 0 aromatic heterocycles. The lowest BCUT2D eigenvalue weighted by atomic mass is 9.98. The Bertz CT molecular complexity index is 411. The van der Waals surface area contributed by atoms with Crippen LogP contribution in [-0.4, -0.2) is 38.2 Å². The summed E-state index contributed by atoms with van der Waals surface area (Å²) in [7, 11) is 2.16. The number of anilines is 1. The number of nitrogens with zero attached hydrogens (tertiary/aromatic N) is 1. The van der Waals surface area contributed by atoms with E-state index in [1.165, 1.54) is 25.5 Å². The molecule has 1 saturated heterocycles. The second-order valence-electron chi connectivity index (χ2n) is 5.23. The Morgan fingerprint density at radius 2 is 2.32 bits per heavy atom. The van der Waals surface area contributed by atoms with Crippen LogP contribution < -0.4 is 10.1 Å². The van der Waals surface area contributed by atoms with Crippen molar-refractivity contribution >= 4 is 5.69 Å². The van der Waals surface area contributed by atoms with Gasteiger partial charge >= 0.3 is 0 Å². The quantitative estimate of drug-likeness (QED) is 0.886. The highest BCUT2D eigenvalue weighted by molar-refractivity contribution is 5.47. The molecule has 0 bridgehead atoms. The van der Waals surface area contributed by atoms with E-state index in [9.17, 15) is 4.39 Å². The largest absolute Gasteiger partial charge is 0.491 e. The molecule has 3 nitrogen and oxygen atoms in total. The second kappa shape index (κ2) is 6.75. The molecule has 1 fully saturated rings. The maximum Gasteiger partial charge on any atom is 0.167 e. The first-order valence-corrected chi connectivity index (χ1v) is 7.03. The lowest BCUT2D eigenvalue weighted by molar-refractivity contribution is 0.217. The fraction of sp³-hybridized carbons (Fsp3) is 0.600. The first kappa shape index (κ1) is 14.1. The zero-order valence-electron chi connectivity index (χ0n) is 11.8. The van der Waals surface area contributed by atoms with Gasteiger partial charge in [-0.2, -0.15) is 0 Å². The summed E-state index contributed by atoms with van der Waals surface area (Å²) in [6.07, 6.45) is 2.50. The molecule has 0 aliphatic carbocycles. The van der Waals surface area contributed by atoms with E-state index in [4.69, 9.17) is 4.74 Å². The minimum atomic E-state index is -0.299. The van der Waals surface area contributed by atoms with Crippen LogP contribution in [0.1, 0.15) is 19.8 Å². The van der Waals surface area contributed by atoms with E-state index in [0.29, 0.717) is 18.3 Å². The van der Waals surface area contributed by atoms with Gasteiger partial charge in [-0.3, -0.25) is 0 Å². The number of benzene rings is 1. The Labute approximate surface area is 114 Å². The van der Waals surface area contributed by atoms with Gasteiger partial charge in [0.15, 0.2) is 11.6 Å². The molecule has 0 saturated carbocycles. The normalized spacial score (nSPS) is 20.3. The maximum absolute atomic E-state index is 13.7. The molecule has 1 N–H and O–H groups in total. The van der Waals surface area contributed by atoms with Crippen molar-refractivity contribution < 1.29 is 9.13 Å². The first-order chi connectivity index (χ1) is 9.19. The predicted octanol–water partition coefficient (Wildman–Crippen LogP) is 2.98. The van der Waals surface area contributed by atoms with E-state index in [1.807, 2.05) is 13.0 Å². The molecule has 1 heterocycles. The molecule has 19 heavy (non-hydrogen) atoms. The number of hydrogen-bond acceptors (Lipinski definition) is 3. The molecule has 106 valence electrons. The number of nitrogens with one attached hydrogen (secondary N) is 1. The van der Waals surface area contributed by atoms with Gasteiger partial charge in [-0.25, -0.2) is 4.39 Å². The van der Waals surface area contributed by atoms with Crippen molar-refractivity contribution in [3.8, 4) is 5.75 Å². The van der Waals surface area contributed by atoms with Crippen molar-refractivity contribution in [3.63, 3.8) is 0 Å². The molecule has 1 aromatic rings. The highest BCUT2D eigenvalue weighted by atomic mass is 19.1. The Kier molecular flexibility index (Phi) is 5.02. The molecular weight excluding hydrogens is 243 g/mol. The van der Waals surface area contributed by atoms with Gasteiger partial charge in [-0.1, -0.05) is 0 Å². The Morgan fingerprint density at radius 3 is 3.00 bits per heavy atom. The highest BCUT2D eigenvalue weighted by Gasteiger charge is 2.16. The van der Waals surface area contributed by atoms with Crippen molar-refractivity contribution in [1.82, 2.24) is 4.90 Å². The van der Waals surface area contributed by atoms with Crippen molar-refractivity contribution in [1.29, 1.82) is 0 Å². The van der Waals surface area contributed by atoms with Gasteiger partial charge in [0.1, 0.15) is 0 Å². The zero-order valence-corrected chi connectivity index (χ0v) is 11.8. The minimum Gasteiger partial charge on any atom is -0.491 e. The fourth-order valence-electron chi connectivity index (χ4n) is 2.59. The van der Waals surface area contributed by atoms with E-state index >= 15 is 0 Å². The summed E-state index contributed by atoms with van der Waals surface area (Å²) in [4.78, 5) is 2.36. The third kappa shape index (κ3) is 4.10. The molecule has 0 radical (unpaired) electrons. The van der Waals surface area contributed by atoms with Gasteiger partial charge in [-0.15, -0.1) is 0 Å². The van der Waals surface area contributed by atoms with Crippen LogP contribution >= 0.6 is 0 Å². The van der Waals surface area contributed by atoms with Crippen LogP contribution in [0.15, 0.2) is 18.2 Å². The van der Waals surface area contributed by atoms with Crippen molar-refractivity contribution in [2.24, 2.45) is 5.92 Å². The van der Waals surface area contributed by atoms with E-state index in [2.05, 4.69) is 17.3 Å². The second-order valence-corrected chi connectivity index (χ2v) is 5.23. The van der Waals surface area contributed by atoms with Crippen LogP contribution in [0.2, 0.25) is 0 Å². The smallest absolute Gasteiger partial charge is 0.167 e. The molecule has 1 unspecified atom stereocenters. The SMILES string of the molecule is CCOc1ccc(NCC2CCCN(C)C2)cc1F. The van der Waals surface area contributed by atoms with Crippen LogP contribution in [0.25, 0.3) is 0 Å². The van der Waals surface area contributed by atoms with Gasteiger partial charge in [0, 0.05) is 24.8 Å². The minimum absolute atomic E-state index is 0.299. The number of rotatable bonds is 5. The summed E-state index contributed by atoms with van der Waals surface area (Å²) >= 11 is 0. The average molecular weight is 266 g/mol. The highest BCUT2D eigenvalue weighted by Crippen LogP contribution is 2.22. The molecule has 1 atom stereocenters. The fourth-order valence-corrected chi connectivity index (χ4v) is 2.59. The van der Waals surface area contributed by atoms with Crippen molar-refractivity contribution in [3.05, 3.63) is 24.0 Å². The Balaban J connectivity index is 1.87. The van der Waals surface area contributed by atoms with Gasteiger partial charge < -0.3 is 15.0 Å². The number of piperidine rings is 1. The van der Waals surface area contributed by atoms with Crippen LogP contribution in [0.4, 0.5) is 10.1 Å². The summed E-state index contributed by atoms with van der Waals surface area (Å²) < 4.78 is 18.9. The average Bonchev–Trinajstić information content (AvgIpc) is 2.39. The molecule has 0 spiro atoms. The number of halogens is 1. The zero-order chi connectivity index (χ0) is 13.7. The van der Waals surface area contributed by atoms with E-state index in [1.54, 1.807) is 6.07 Å². The van der Waals surface area contributed by atoms with Crippen LogP contribution in [0, 0.1) is 11.7 Å². The van der Waals surface area contributed by atoms with Gasteiger partial charge in [0.2, 0.25) is 0 Å². The van der Waals surface area contributed by atoms with Crippen molar-refractivity contribution in [2.45, 2.75) is 19.8 Å². The molecule has 1 aliphatic rings.